The molecule has 0 amide bonds. The topological polar surface area (TPSA) is 38.0 Å². The molecule has 2 aromatic rings. The molecule has 2 nitrogen and oxygen atoms in total. The average Bonchev–Trinajstić information content (AvgIpc) is 2.42. The van der Waals surface area contributed by atoms with Crippen molar-refractivity contribution in [3.8, 4) is 0 Å². The van der Waals surface area contributed by atoms with Gasteiger partial charge in [0.05, 0.1) is 11.1 Å². The molecule has 0 saturated heterocycles. The minimum atomic E-state index is -0.0141. The SMILES string of the molecule is Cc1cccc(C)c1CC(NN)c1cccc(Br)c1Cl. The van der Waals surface area contributed by atoms with Crippen molar-refractivity contribution < 1.29 is 0 Å². The van der Waals surface area contributed by atoms with Gasteiger partial charge in [-0.2, -0.15) is 0 Å². The lowest BCUT2D eigenvalue weighted by atomic mass is 9.93. The zero-order valence-corrected chi connectivity index (χ0v) is 13.9. The van der Waals surface area contributed by atoms with Gasteiger partial charge in [-0.3, -0.25) is 11.3 Å². The van der Waals surface area contributed by atoms with E-state index in [4.69, 9.17) is 17.4 Å². The van der Waals surface area contributed by atoms with Crippen LogP contribution in [0.4, 0.5) is 0 Å². The number of benzene rings is 2. The number of nitrogens with two attached hydrogens (primary N) is 1. The van der Waals surface area contributed by atoms with E-state index in [1.165, 1.54) is 16.7 Å². The number of nitrogens with one attached hydrogen (secondary N) is 1. The van der Waals surface area contributed by atoms with Gasteiger partial charge in [0.15, 0.2) is 0 Å². The first-order valence-electron chi connectivity index (χ1n) is 6.49. The van der Waals surface area contributed by atoms with Crippen LogP contribution in [0.2, 0.25) is 5.02 Å². The Morgan fingerprint density at radius 2 is 1.75 bits per heavy atom. The number of aryl methyl sites for hydroxylation is 2. The lowest BCUT2D eigenvalue weighted by Gasteiger charge is -2.20. The van der Waals surface area contributed by atoms with E-state index in [-0.39, 0.29) is 6.04 Å². The number of hydrogen-bond donors (Lipinski definition) is 2. The van der Waals surface area contributed by atoms with Gasteiger partial charge in [0.1, 0.15) is 0 Å². The van der Waals surface area contributed by atoms with E-state index >= 15 is 0 Å². The number of halogens is 2. The molecule has 2 rings (SSSR count). The molecule has 1 atom stereocenters. The largest absolute Gasteiger partial charge is 0.271 e. The molecule has 0 saturated carbocycles. The standard InChI is InChI=1S/C16H18BrClN2/c1-10-5-3-6-11(2)13(10)9-15(20-19)12-7-4-8-14(17)16(12)18/h3-8,15,20H,9,19H2,1-2H3. The Bertz CT molecular complexity index is 593. The lowest BCUT2D eigenvalue weighted by Crippen LogP contribution is -2.30. The van der Waals surface area contributed by atoms with Crippen LogP contribution in [-0.2, 0) is 6.42 Å². The van der Waals surface area contributed by atoms with Crippen molar-refractivity contribution in [2.75, 3.05) is 0 Å². The number of hydrazine groups is 1. The summed E-state index contributed by atoms with van der Waals surface area (Å²) in [7, 11) is 0. The van der Waals surface area contributed by atoms with E-state index in [1.807, 2.05) is 18.2 Å². The smallest absolute Gasteiger partial charge is 0.0596 e. The average molecular weight is 354 g/mol. The second kappa shape index (κ2) is 6.72. The Kier molecular flexibility index (Phi) is 5.22. The van der Waals surface area contributed by atoms with Crippen molar-refractivity contribution in [3.05, 3.63) is 68.1 Å². The summed E-state index contributed by atoms with van der Waals surface area (Å²) in [6, 6.07) is 12.2. The van der Waals surface area contributed by atoms with Crippen molar-refractivity contribution >= 4 is 27.5 Å². The molecule has 0 radical (unpaired) electrons. The second-order valence-electron chi connectivity index (χ2n) is 4.94. The van der Waals surface area contributed by atoms with Crippen molar-refractivity contribution in [1.29, 1.82) is 0 Å². The van der Waals surface area contributed by atoms with Crippen molar-refractivity contribution in [1.82, 2.24) is 5.43 Å². The zero-order valence-electron chi connectivity index (χ0n) is 11.6. The van der Waals surface area contributed by atoms with Gasteiger partial charge in [-0.15, -0.1) is 0 Å². The minimum Gasteiger partial charge on any atom is -0.271 e. The van der Waals surface area contributed by atoms with E-state index < -0.39 is 0 Å². The van der Waals surface area contributed by atoms with Crippen LogP contribution in [0.15, 0.2) is 40.9 Å². The summed E-state index contributed by atoms with van der Waals surface area (Å²) in [5, 5.41) is 0.710. The maximum atomic E-state index is 6.37. The fraction of sp³-hybridized carbons (Fsp3) is 0.250. The van der Waals surface area contributed by atoms with Crippen LogP contribution in [0.1, 0.15) is 28.3 Å². The lowest BCUT2D eigenvalue weighted by molar-refractivity contribution is 0.549. The molecular formula is C16H18BrClN2. The van der Waals surface area contributed by atoms with Crippen LogP contribution in [0.25, 0.3) is 0 Å². The highest BCUT2D eigenvalue weighted by Crippen LogP contribution is 2.32. The van der Waals surface area contributed by atoms with Crippen LogP contribution in [0.3, 0.4) is 0 Å². The Morgan fingerprint density at radius 3 is 2.35 bits per heavy atom. The molecule has 0 bridgehead atoms. The third-order valence-electron chi connectivity index (χ3n) is 3.61. The fourth-order valence-electron chi connectivity index (χ4n) is 2.42. The summed E-state index contributed by atoms with van der Waals surface area (Å²) in [6.45, 7) is 4.25. The van der Waals surface area contributed by atoms with E-state index in [0.29, 0.717) is 5.02 Å². The molecule has 0 spiro atoms. The van der Waals surface area contributed by atoms with Gasteiger partial charge >= 0.3 is 0 Å². The molecule has 4 heteroatoms. The maximum Gasteiger partial charge on any atom is 0.0596 e. The van der Waals surface area contributed by atoms with Crippen LogP contribution < -0.4 is 11.3 Å². The normalized spacial score (nSPS) is 12.4. The summed E-state index contributed by atoms with van der Waals surface area (Å²) >= 11 is 9.83. The zero-order chi connectivity index (χ0) is 14.7. The Morgan fingerprint density at radius 1 is 1.15 bits per heavy atom. The Hall–Kier alpha value is -0.870. The molecule has 106 valence electrons. The van der Waals surface area contributed by atoms with Crippen LogP contribution in [0.5, 0.6) is 0 Å². The monoisotopic (exact) mass is 352 g/mol. The first kappa shape index (κ1) is 15.5. The Balaban J connectivity index is 2.37. The molecule has 0 aromatic heterocycles. The molecule has 1 unspecified atom stereocenters. The predicted molar refractivity (Wildman–Crippen MR) is 88.8 cm³/mol. The fourth-order valence-corrected chi connectivity index (χ4v) is 3.06. The molecule has 0 aliphatic rings. The molecule has 0 heterocycles. The third-order valence-corrected chi connectivity index (χ3v) is 4.92. The highest BCUT2D eigenvalue weighted by Gasteiger charge is 2.17. The van der Waals surface area contributed by atoms with Gasteiger partial charge in [-0.25, -0.2) is 0 Å². The van der Waals surface area contributed by atoms with Crippen molar-refractivity contribution in [3.63, 3.8) is 0 Å². The summed E-state index contributed by atoms with van der Waals surface area (Å²) in [5.74, 6) is 5.75. The van der Waals surface area contributed by atoms with Gasteiger partial charge in [0, 0.05) is 4.47 Å². The van der Waals surface area contributed by atoms with Crippen LogP contribution >= 0.6 is 27.5 Å². The highest BCUT2D eigenvalue weighted by atomic mass is 79.9. The molecule has 0 aliphatic carbocycles. The Labute approximate surface area is 133 Å². The van der Waals surface area contributed by atoms with Crippen LogP contribution in [0, 0.1) is 13.8 Å². The molecule has 2 aromatic carbocycles. The van der Waals surface area contributed by atoms with Gasteiger partial charge in [-0.1, -0.05) is 41.9 Å². The molecular weight excluding hydrogens is 336 g/mol. The van der Waals surface area contributed by atoms with E-state index in [9.17, 15) is 0 Å². The van der Waals surface area contributed by atoms with Crippen LogP contribution in [-0.4, -0.2) is 0 Å². The molecule has 3 N–H and O–H groups in total. The van der Waals surface area contributed by atoms with Gasteiger partial charge in [0.25, 0.3) is 0 Å². The summed E-state index contributed by atoms with van der Waals surface area (Å²) in [6.07, 6.45) is 0.811. The van der Waals surface area contributed by atoms with Gasteiger partial charge in [-0.05, 0) is 64.5 Å². The second-order valence-corrected chi connectivity index (χ2v) is 6.17. The number of rotatable bonds is 4. The van der Waals surface area contributed by atoms with Crippen molar-refractivity contribution in [2.45, 2.75) is 26.3 Å². The quantitative estimate of drug-likeness (QED) is 0.629. The first-order valence-corrected chi connectivity index (χ1v) is 7.66. The van der Waals surface area contributed by atoms with E-state index in [0.717, 1.165) is 16.5 Å². The molecule has 0 aliphatic heterocycles. The number of hydrogen-bond acceptors (Lipinski definition) is 2. The maximum absolute atomic E-state index is 6.37. The first-order chi connectivity index (χ1) is 9.54. The summed E-state index contributed by atoms with van der Waals surface area (Å²) < 4.78 is 0.887. The third kappa shape index (κ3) is 3.23. The van der Waals surface area contributed by atoms with Gasteiger partial charge < -0.3 is 0 Å². The highest BCUT2D eigenvalue weighted by molar-refractivity contribution is 9.10. The van der Waals surface area contributed by atoms with Gasteiger partial charge in [0.2, 0.25) is 0 Å². The van der Waals surface area contributed by atoms with E-state index in [1.54, 1.807) is 0 Å². The van der Waals surface area contributed by atoms with Crippen molar-refractivity contribution in [2.24, 2.45) is 5.84 Å². The molecule has 0 fully saturated rings. The minimum absolute atomic E-state index is 0.0141. The summed E-state index contributed by atoms with van der Waals surface area (Å²) in [4.78, 5) is 0. The predicted octanol–water partition coefficient (Wildman–Crippen LogP) is 4.47. The molecule has 20 heavy (non-hydrogen) atoms. The summed E-state index contributed by atoms with van der Waals surface area (Å²) in [5.41, 5.74) is 7.75. The van der Waals surface area contributed by atoms with E-state index in [2.05, 4.69) is 53.4 Å².